The van der Waals surface area contributed by atoms with E-state index >= 15 is 0 Å². The van der Waals surface area contributed by atoms with Gasteiger partial charge in [-0.25, -0.2) is 15.2 Å². The molecule has 0 unspecified atom stereocenters. The summed E-state index contributed by atoms with van der Waals surface area (Å²) in [5.74, 6) is 4.23. The number of nitrogens with one attached hydrogen (secondary N) is 1. The summed E-state index contributed by atoms with van der Waals surface area (Å²) in [6.07, 6.45) is 1.36. The maximum atomic E-state index is 12.7. The minimum atomic E-state index is -0.633. The van der Waals surface area contributed by atoms with Gasteiger partial charge in [-0.3, -0.25) is 0 Å². The van der Waals surface area contributed by atoms with E-state index < -0.39 is 5.82 Å². The zero-order valence-electron chi connectivity index (χ0n) is 5.75. The smallest absolute Gasteiger partial charge is 0.185 e. The van der Waals surface area contributed by atoms with E-state index in [1.165, 1.54) is 12.3 Å². The van der Waals surface area contributed by atoms with Crippen LogP contribution in [0.2, 0.25) is 5.02 Å². The van der Waals surface area contributed by atoms with Crippen LogP contribution in [0.15, 0.2) is 12.3 Å². The molecule has 7 heteroatoms. The van der Waals surface area contributed by atoms with Gasteiger partial charge in [-0.1, -0.05) is 11.6 Å². The Kier molecular flexibility index (Phi) is 7.42. The second-order valence-corrected chi connectivity index (χ2v) is 2.01. The van der Waals surface area contributed by atoms with Crippen LogP contribution in [0.1, 0.15) is 0 Å². The number of pyridine rings is 1. The van der Waals surface area contributed by atoms with E-state index in [1.54, 1.807) is 0 Å². The first-order valence-electron chi connectivity index (χ1n) is 2.52. The molecule has 0 saturated heterocycles. The highest BCUT2D eigenvalue weighted by atomic mass is 35.5. The lowest BCUT2D eigenvalue weighted by atomic mass is 10.4. The first-order chi connectivity index (χ1) is 4.75. The standard InChI is InChI=1S/C5H5ClFN3.2ClH/c6-3-1-2-9-5(10-8)4(3)7;;/h1-2H,8H2,(H,9,10);2*1H. The number of nitrogen functional groups attached to an aromatic ring is 1. The molecule has 0 saturated carbocycles. The van der Waals surface area contributed by atoms with Crippen LogP contribution in [0.25, 0.3) is 0 Å². The number of halogens is 4. The fraction of sp³-hybridized carbons (Fsp3) is 0. The second kappa shape index (κ2) is 6.25. The molecule has 0 radical (unpaired) electrons. The van der Waals surface area contributed by atoms with Gasteiger partial charge in [0, 0.05) is 6.20 Å². The number of nitrogens with zero attached hydrogens (tertiary/aromatic N) is 1. The van der Waals surface area contributed by atoms with Gasteiger partial charge in [-0.2, -0.15) is 0 Å². The monoisotopic (exact) mass is 233 g/mol. The van der Waals surface area contributed by atoms with Gasteiger partial charge >= 0.3 is 0 Å². The van der Waals surface area contributed by atoms with Gasteiger partial charge < -0.3 is 5.43 Å². The topological polar surface area (TPSA) is 50.9 Å². The predicted molar refractivity (Wildman–Crippen MR) is 51.5 cm³/mol. The average Bonchev–Trinajstić information content (AvgIpc) is 1.95. The molecule has 0 spiro atoms. The first-order valence-corrected chi connectivity index (χ1v) is 2.90. The maximum Gasteiger partial charge on any atom is 0.185 e. The predicted octanol–water partition coefficient (Wildman–Crippen LogP) is 2.00. The third-order valence-electron chi connectivity index (χ3n) is 0.979. The van der Waals surface area contributed by atoms with Gasteiger partial charge in [-0.15, -0.1) is 24.8 Å². The number of rotatable bonds is 1. The van der Waals surface area contributed by atoms with Crippen molar-refractivity contribution in [1.29, 1.82) is 0 Å². The number of aromatic nitrogens is 1. The van der Waals surface area contributed by atoms with Crippen molar-refractivity contribution in [1.82, 2.24) is 4.98 Å². The molecule has 0 aromatic carbocycles. The summed E-state index contributed by atoms with van der Waals surface area (Å²) in [5, 5.41) is 0.00273. The summed E-state index contributed by atoms with van der Waals surface area (Å²) < 4.78 is 12.7. The van der Waals surface area contributed by atoms with Crippen molar-refractivity contribution in [2.75, 3.05) is 5.43 Å². The van der Waals surface area contributed by atoms with Crippen LogP contribution in [0.3, 0.4) is 0 Å². The van der Waals surface area contributed by atoms with Crippen molar-refractivity contribution < 1.29 is 4.39 Å². The molecule has 12 heavy (non-hydrogen) atoms. The van der Waals surface area contributed by atoms with Crippen molar-refractivity contribution in [3.63, 3.8) is 0 Å². The Labute approximate surface area is 86.3 Å². The number of hydrazine groups is 1. The molecule has 0 atom stereocenters. The maximum absolute atomic E-state index is 12.7. The van der Waals surface area contributed by atoms with Crippen LogP contribution in [-0.4, -0.2) is 4.98 Å². The minimum Gasteiger partial charge on any atom is -0.306 e. The summed E-state index contributed by atoms with van der Waals surface area (Å²) in [6, 6.07) is 1.34. The van der Waals surface area contributed by atoms with Crippen LogP contribution >= 0.6 is 36.4 Å². The molecule has 0 aliphatic carbocycles. The van der Waals surface area contributed by atoms with Gasteiger partial charge in [0.25, 0.3) is 0 Å². The van der Waals surface area contributed by atoms with E-state index in [-0.39, 0.29) is 35.7 Å². The van der Waals surface area contributed by atoms with Gasteiger partial charge in [0.05, 0.1) is 5.02 Å². The average molecular weight is 234 g/mol. The number of hydrogen-bond acceptors (Lipinski definition) is 3. The first kappa shape index (κ1) is 14.2. The second-order valence-electron chi connectivity index (χ2n) is 1.60. The largest absolute Gasteiger partial charge is 0.306 e. The summed E-state index contributed by atoms with van der Waals surface area (Å²) in [6.45, 7) is 0. The highest BCUT2D eigenvalue weighted by molar-refractivity contribution is 6.30. The molecule has 0 aliphatic rings. The number of hydrogen-bond donors (Lipinski definition) is 2. The van der Waals surface area contributed by atoms with Gasteiger partial charge in [0.2, 0.25) is 0 Å². The lowest BCUT2D eigenvalue weighted by Crippen LogP contribution is -2.10. The summed E-state index contributed by atoms with van der Waals surface area (Å²) in [4.78, 5) is 3.56. The van der Waals surface area contributed by atoms with Crippen molar-refractivity contribution in [3.05, 3.63) is 23.1 Å². The lowest BCUT2D eigenvalue weighted by Gasteiger charge is -1.99. The summed E-state index contributed by atoms with van der Waals surface area (Å²) in [5.41, 5.74) is 2.07. The Bertz CT molecular complexity index is 245. The molecule has 70 valence electrons. The fourth-order valence-electron chi connectivity index (χ4n) is 0.521. The molecular formula is C5H7Cl3FN3. The molecule has 1 heterocycles. The molecule has 3 nitrogen and oxygen atoms in total. The van der Waals surface area contributed by atoms with E-state index in [1.807, 2.05) is 0 Å². The van der Waals surface area contributed by atoms with Crippen molar-refractivity contribution in [2.45, 2.75) is 0 Å². The van der Waals surface area contributed by atoms with Crippen LogP contribution in [0.5, 0.6) is 0 Å². The SMILES string of the molecule is Cl.Cl.NNc1nccc(Cl)c1F. The highest BCUT2D eigenvalue weighted by Gasteiger charge is 2.04. The Morgan fingerprint density at radius 2 is 2.08 bits per heavy atom. The Morgan fingerprint density at radius 3 is 2.50 bits per heavy atom. The molecule has 1 aromatic heterocycles. The van der Waals surface area contributed by atoms with Crippen LogP contribution < -0.4 is 11.3 Å². The zero-order chi connectivity index (χ0) is 7.56. The molecule has 3 N–H and O–H groups in total. The van der Waals surface area contributed by atoms with Crippen LogP contribution in [0.4, 0.5) is 10.2 Å². The summed E-state index contributed by atoms with van der Waals surface area (Å²) >= 11 is 5.38. The highest BCUT2D eigenvalue weighted by Crippen LogP contribution is 2.17. The molecule has 0 amide bonds. The minimum absolute atomic E-state index is 0. The lowest BCUT2D eigenvalue weighted by molar-refractivity contribution is 0.625. The fourth-order valence-corrected chi connectivity index (χ4v) is 0.667. The van der Waals surface area contributed by atoms with Crippen LogP contribution in [0, 0.1) is 5.82 Å². The number of nitrogens with two attached hydrogens (primary N) is 1. The molecule has 0 fully saturated rings. The zero-order valence-corrected chi connectivity index (χ0v) is 8.14. The third-order valence-corrected chi connectivity index (χ3v) is 1.27. The van der Waals surface area contributed by atoms with E-state index in [0.29, 0.717) is 0 Å². The quantitative estimate of drug-likeness (QED) is 0.577. The normalized spacial score (nSPS) is 7.92. The number of anilines is 1. The van der Waals surface area contributed by atoms with E-state index in [4.69, 9.17) is 17.4 Å². The van der Waals surface area contributed by atoms with E-state index in [0.717, 1.165) is 0 Å². The third kappa shape index (κ3) is 2.98. The molecule has 1 rings (SSSR count). The van der Waals surface area contributed by atoms with Crippen molar-refractivity contribution in [3.8, 4) is 0 Å². The Balaban J connectivity index is 0. The Hall–Kier alpha value is -0.290. The molecule has 0 aliphatic heterocycles. The Morgan fingerprint density at radius 1 is 1.50 bits per heavy atom. The molecule has 1 aromatic rings. The van der Waals surface area contributed by atoms with Gasteiger partial charge in [-0.05, 0) is 6.07 Å². The van der Waals surface area contributed by atoms with Crippen molar-refractivity contribution in [2.24, 2.45) is 5.84 Å². The van der Waals surface area contributed by atoms with E-state index in [2.05, 4.69) is 10.4 Å². The van der Waals surface area contributed by atoms with Gasteiger partial charge in [0.1, 0.15) is 0 Å². The summed E-state index contributed by atoms with van der Waals surface area (Å²) in [7, 11) is 0. The molecule has 0 bridgehead atoms. The van der Waals surface area contributed by atoms with Crippen LogP contribution in [-0.2, 0) is 0 Å². The molecular weight excluding hydrogens is 227 g/mol. The van der Waals surface area contributed by atoms with Crippen molar-refractivity contribution >= 4 is 42.2 Å². The van der Waals surface area contributed by atoms with E-state index in [9.17, 15) is 4.39 Å². The van der Waals surface area contributed by atoms with Gasteiger partial charge in [0.15, 0.2) is 11.6 Å².